The zero-order valence-corrected chi connectivity index (χ0v) is 15.6. The van der Waals surface area contributed by atoms with Crippen molar-refractivity contribution < 1.29 is 4.79 Å². The minimum absolute atomic E-state index is 0.256. The number of nitrogens with zero attached hydrogens (tertiary/aromatic N) is 2. The summed E-state index contributed by atoms with van der Waals surface area (Å²) in [6, 6.07) is 21.1. The quantitative estimate of drug-likeness (QED) is 0.735. The lowest BCUT2D eigenvalue weighted by atomic mass is 10.0. The Morgan fingerprint density at radius 3 is 2.52 bits per heavy atom. The number of likely N-dealkylation sites (N-methyl/N-ethyl adjacent to an activating group) is 1. The van der Waals surface area contributed by atoms with Gasteiger partial charge in [0.1, 0.15) is 0 Å². The van der Waals surface area contributed by atoms with E-state index in [1.807, 2.05) is 23.1 Å². The monoisotopic (exact) mass is 354 g/mol. The molecule has 2 aromatic carbocycles. The molecule has 132 valence electrons. The van der Waals surface area contributed by atoms with Gasteiger partial charge in [0.15, 0.2) is 0 Å². The van der Waals surface area contributed by atoms with Gasteiger partial charge in [0.25, 0.3) is 0 Å². The highest BCUT2D eigenvalue weighted by Crippen LogP contribution is 2.21. The van der Waals surface area contributed by atoms with Crippen molar-refractivity contribution in [3.05, 3.63) is 66.2 Å². The standard InChI is InChI=1S/C21H26N2OS/c1-22(15-18-9-4-2-5-10-18)19-11-8-14-23(16-19)21(24)17-25-20-12-6-3-7-13-20/h2-7,9-10,12-13,19H,8,11,14-17H2,1H3/t19-/m0/s1. The lowest BCUT2D eigenvalue weighted by Crippen LogP contribution is -2.48. The number of carbonyl (C=O) groups excluding carboxylic acids is 1. The normalized spacial score (nSPS) is 17.7. The lowest BCUT2D eigenvalue weighted by molar-refractivity contribution is -0.130. The number of thioether (sulfide) groups is 1. The maximum absolute atomic E-state index is 12.6. The van der Waals surface area contributed by atoms with Crippen molar-refractivity contribution >= 4 is 17.7 Å². The Morgan fingerprint density at radius 1 is 1.12 bits per heavy atom. The van der Waals surface area contributed by atoms with Crippen molar-refractivity contribution in [3.8, 4) is 0 Å². The molecule has 1 atom stereocenters. The summed E-state index contributed by atoms with van der Waals surface area (Å²) in [5.41, 5.74) is 1.33. The Bertz CT molecular complexity index is 662. The summed E-state index contributed by atoms with van der Waals surface area (Å²) in [5.74, 6) is 0.783. The number of hydrogen-bond donors (Lipinski definition) is 0. The minimum atomic E-state index is 0.256. The summed E-state index contributed by atoms with van der Waals surface area (Å²) >= 11 is 1.63. The van der Waals surface area contributed by atoms with E-state index in [0.717, 1.165) is 31.0 Å². The average Bonchev–Trinajstić information content (AvgIpc) is 2.68. The highest BCUT2D eigenvalue weighted by Gasteiger charge is 2.26. The maximum atomic E-state index is 12.6. The molecule has 1 fully saturated rings. The number of carbonyl (C=O) groups is 1. The maximum Gasteiger partial charge on any atom is 0.232 e. The first-order chi connectivity index (χ1) is 12.2. The van der Waals surface area contributed by atoms with E-state index in [-0.39, 0.29) is 5.91 Å². The van der Waals surface area contributed by atoms with Crippen LogP contribution in [0, 0.1) is 0 Å². The van der Waals surface area contributed by atoms with Crippen LogP contribution in [0.5, 0.6) is 0 Å². The second-order valence-corrected chi connectivity index (χ2v) is 7.69. The van der Waals surface area contributed by atoms with Crippen LogP contribution < -0.4 is 0 Å². The van der Waals surface area contributed by atoms with Crippen molar-refractivity contribution in [1.29, 1.82) is 0 Å². The molecule has 1 aliphatic heterocycles. The van der Waals surface area contributed by atoms with Gasteiger partial charge < -0.3 is 4.90 Å². The van der Waals surface area contributed by atoms with Crippen LogP contribution in [0.1, 0.15) is 18.4 Å². The van der Waals surface area contributed by atoms with Gasteiger partial charge in [0, 0.05) is 30.6 Å². The minimum Gasteiger partial charge on any atom is -0.340 e. The molecule has 0 aliphatic carbocycles. The van der Waals surface area contributed by atoms with Crippen molar-refractivity contribution in [1.82, 2.24) is 9.80 Å². The number of benzene rings is 2. The van der Waals surface area contributed by atoms with E-state index in [0.29, 0.717) is 11.8 Å². The number of hydrogen-bond acceptors (Lipinski definition) is 3. The van der Waals surface area contributed by atoms with Crippen LogP contribution in [-0.2, 0) is 11.3 Å². The van der Waals surface area contributed by atoms with Crippen LogP contribution in [0.25, 0.3) is 0 Å². The van der Waals surface area contributed by atoms with E-state index in [9.17, 15) is 4.79 Å². The van der Waals surface area contributed by atoms with Crippen LogP contribution in [0.15, 0.2) is 65.6 Å². The molecule has 0 N–H and O–H groups in total. The Labute approximate surface area is 155 Å². The first kappa shape index (κ1) is 18.0. The van der Waals surface area contributed by atoms with E-state index in [4.69, 9.17) is 0 Å². The molecule has 0 unspecified atom stereocenters. The first-order valence-electron chi connectivity index (χ1n) is 8.92. The molecule has 2 aromatic rings. The SMILES string of the molecule is CN(Cc1ccccc1)[C@H]1CCCN(C(=O)CSc2ccccc2)C1. The molecule has 0 radical (unpaired) electrons. The molecule has 1 heterocycles. The van der Waals surface area contributed by atoms with Gasteiger partial charge in [0.2, 0.25) is 5.91 Å². The topological polar surface area (TPSA) is 23.6 Å². The highest BCUT2D eigenvalue weighted by molar-refractivity contribution is 8.00. The van der Waals surface area contributed by atoms with E-state index in [1.54, 1.807) is 11.8 Å². The molecule has 0 aromatic heterocycles. The third kappa shape index (κ3) is 5.35. The van der Waals surface area contributed by atoms with Gasteiger partial charge in [-0.3, -0.25) is 9.69 Å². The molecular weight excluding hydrogens is 328 g/mol. The van der Waals surface area contributed by atoms with Crippen LogP contribution in [-0.4, -0.2) is 47.6 Å². The summed E-state index contributed by atoms with van der Waals surface area (Å²) in [5, 5.41) is 0. The Hall–Kier alpha value is -1.78. The van der Waals surface area contributed by atoms with Crippen LogP contribution in [0.2, 0.25) is 0 Å². The molecule has 1 aliphatic rings. The molecule has 3 rings (SSSR count). The van der Waals surface area contributed by atoms with Crippen molar-refractivity contribution in [3.63, 3.8) is 0 Å². The van der Waals surface area contributed by atoms with Gasteiger partial charge in [-0.1, -0.05) is 48.5 Å². The second-order valence-electron chi connectivity index (χ2n) is 6.64. The molecule has 4 heteroatoms. The van der Waals surface area contributed by atoms with Gasteiger partial charge in [0.05, 0.1) is 5.75 Å². The number of piperidine rings is 1. The average molecular weight is 355 g/mol. The Morgan fingerprint density at radius 2 is 1.80 bits per heavy atom. The zero-order valence-electron chi connectivity index (χ0n) is 14.8. The molecule has 0 bridgehead atoms. The molecule has 0 spiro atoms. The van der Waals surface area contributed by atoms with Gasteiger partial charge in [-0.15, -0.1) is 11.8 Å². The number of rotatable bonds is 6. The van der Waals surface area contributed by atoms with E-state index >= 15 is 0 Å². The molecule has 1 saturated heterocycles. The van der Waals surface area contributed by atoms with Crippen LogP contribution in [0.4, 0.5) is 0 Å². The fourth-order valence-electron chi connectivity index (χ4n) is 3.29. The molecule has 0 saturated carbocycles. The third-order valence-corrected chi connectivity index (χ3v) is 5.75. The molecular formula is C21H26N2OS. The van der Waals surface area contributed by atoms with Gasteiger partial charge >= 0.3 is 0 Å². The zero-order chi connectivity index (χ0) is 17.5. The van der Waals surface area contributed by atoms with Gasteiger partial charge in [-0.2, -0.15) is 0 Å². The first-order valence-corrected chi connectivity index (χ1v) is 9.91. The van der Waals surface area contributed by atoms with Crippen molar-refractivity contribution in [2.75, 3.05) is 25.9 Å². The predicted molar refractivity (Wildman–Crippen MR) is 105 cm³/mol. The summed E-state index contributed by atoms with van der Waals surface area (Å²) < 4.78 is 0. The lowest BCUT2D eigenvalue weighted by Gasteiger charge is -2.37. The van der Waals surface area contributed by atoms with Crippen molar-refractivity contribution in [2.45, 2.75) is 30.3 Å². The fraction of sp³-hybridized carbons (Fsp3) is 0.381. The fourth-order valence-corrected chi connectivity index (χ4v) is 4.12. The van der Waals surface area contributed by atoms with Crippen molar-refractivity contribution in [2.24, 2.45) is 0 Å². The Balaban J connectivity index is 1.50. The molecule has 3 nitrogen and oxygen atoms in total. The van der Waals surface area contributed by atoms with E-state index < -0.39 is 0 Å². The van der Waals surface area contributed by atoms with Crippen LogP contribution >= 0.6 is 11.8 Å². The summed E-state index contributed by atoms with van der Waals surface area (Å²) in [7, 11) is 2.17. The summed E-state index contributed by atoms with van der Waals surface area (Å²) in [4.78, 5) is 18.2. The summed E-state index contributed by atoms with van der Waals surface area (Å²) in [6.07, 6.45) is 2.25. The molecule has 1 amide bonds. The Kier molecular flexibility index (Phi) is 6.54. The van der Waals surface area contributed by atoms with Gasteiger partial charge in [-0.25, -0.2) is 0 Å². The second kappa shape index (κ2) is 9.07. The number of amides is 1. The summed E-state index contributed by atoms with van der Waals surface area (Å²) in [6.45, 7) is 2.67. The van der Waals surface area contributed by atoms with E-state index in [2.05, 4.69) is 54.4 Å². The predicted octanol–water partition coefficient (Wildman–Crippen LogP) is 3.90. The molecule has 25 heavy (non-hydrogen) atoms. The smallest absolute Gasteiger partial charge is 0.232 e. The van der Waals surface area contributed by atoms with Gasteiger partial charge in [-0.05, 0) is 37.6 Å². The number of likely N-dealkylation sites (tertiary alicyclic amines) is 1. The third-order valence-electron chi connectivity index (χ3n) is 4.75. The van der Waals surface area contributed by atoms with E-state index in [1.165, 1.54) is 12.0 Å². The van der Waals surface area contributed by atoms with Crippen LogP contribution in [0.3, 0.4) is 0 Å². The highest BCUT2D eigenvalue weighted by atomic mass is 32.2. The largest absolute Gasteiger partial charge is 0.340 e.